The zero-order chi connectivity index (χ0) is 11.4. The molecule has 2 heteroatoms. The first kappa shape index (κ1) is 12.0. The largest absolute Gasteiger partial charge is 0.310 e. The molecule has 1 N–H and O–H groups in total. The normalized spacial score (nSPS) is 22.2. The van der Waals surface area contributed by atoms with Gasteiger partial charge in [0.15, 0.2) is 0 Å². The lowest BCUT2D eigenvalue weighted by molar-refractivity contribution is 0.477. The van der Waals surface area contributed by atoms with E-state index in [1.54, 1.807) is 0 Å². The molecule has 0 bridgehead atoms. The molecule has 1 aliphatic rings. The molecular weight excluding hydrogens is 214 g/mol. The van der Waals surface area contributed by atoms with Crippen molar-refractivity contribution in [2.45, 2.75) is 26.3 Å². The first-order valence-electron chi connectivity index (χ1n) is 6.13. The summed E-state index contributed by atoms with van der Waals surface area (Å²) in [6.07, 6.45) is 1.39. The van der Waals surface area contributed by atoms with E-state index in [-0.39, 0.29) is 0 Å². The second-order valence-electron chi connectivity index (χ2n) is 4.77. The van der Waals surface area contributed by atoms with Crippen LogP contribution in [-0.4, -0.2) is 18.1 Å². The van der Waals surface area contributed by atoms with Gasteiger partial charge in [0.1, 0.15) is 0 Å². The molecule has 88 valence electrons. The molecule has 1 saturated heterocycles. The van der Waals surface area contributed by atoms with Gasteiger partial charge in [-0.05, 0) is 49.8 Å². The molecule has 0 spiro atoms. The minimum absolute atomic E-state index is 0.477. The maximum Gasteiger partial charge on any atom is 0.0292 e. The molecule has 16 heavy (non-hydrogen) atoms. The van der Waals surface area contributed by atoms with Crippen LogP contribution in [0.15, 0.2) is 24.3 Å². The Bertz CT molecular complexity index is 331. The lowest BCUT2D eigenvalue weighted by atomic mass is 10.0. The molecule has 1 aromatic rings. The van der Waals surface area contributed by atoms with E-state index < -0.39 is 0 Å². The van der Waals surface area contributed by atoms with Crippen LogP contribution in [0.3, 0.4) is 0 Å². The van der Waals surface area contributed by atoms with Gasteiger partial charge in [-0.3, -0.25) is 0 Å². The van der Waals surface area contributed by atoms with E-state index in [1.165, 1.54) is 35.6 Å². The molecule has 1 aromatic carbocycles. The summed E-state index contributed by atoms with van der Waals surface area (Å²) in [5, 5.41) is 3.65. The summed E-state index contributed by atoms with van der Waals surface area (Å²) in [7, 11) is 0. The zero-order valence-corrected chi connectivity index (χ0v) is 11.0. The van der Waals surface area contributed by atoms with Gasteiger partial charge >= 0.3 is 0 Å². The van der Waals surface area contributed by atoms with Gasteiger partial charge in [-0.1, -0.05) is 29.8 Å². The second-order valence-corrected chi connectivity index (χ2v) is 5.92. The van der Waals surface area contributed by atoms with Crippen LogP contribution in [0.25, 0.3) is 0 Å². The monoisotopic (exact) mass is 235 g/mol. The van der Waals surface area contributed by atoms with E-state index in [0.717, 1.165) is 5.92 Å². The highest BCUT2D eigenvalue weighted by atomic mass is 32.2. The predicted octanol–water partition coefficient (Wildman–Crippen LogP) is 3.40. The fourth-order valence-corrected chi connectivity index (χ4v) is 3.43. The van der Waals surface area contributed by atoms with Gasteiger partial charge in [0.05, 0.1) is 0 Å². The van der Waals surface area contributed by atoms with E-state index >= 15 is 0 Å². The van der Waals surface area contributed by atoms with Crippen LogP contribution < -0.4 is 5.32 Å². The maximum absolute atomic E-state index is 3.65. The molecule has 2 unspecified atom stereocenters. The Hall–Kier alpha value is -0.470. The van der Waals surface area contributed by atoms with Crippen LogP contribution in [0.1, 0.15) is 30.5 Å². The minimum Gasteiger partial charge on any atom is -0.310 e. The molecule has 0 radical (unpaired) electrons. The maximum atomic E-state index is 3.65. The summed E-state index contributed by atoms with van der Waals surface area (Å²) in [4.78, 5) is 0. The van der Waals surface area contributed by atoms with Crippen LogP contribution in [0.2, 0.25) is 0 Å². The molecule has 1 heterocycles. The SMILES string of the molecule is Cc1cccc(C(C)NCC2CCSC2)c1. The predicted molar refractivity (Wildman–Crippen MR) is 73.0 cm³/mol. The third-order valence-electron chi connectivity index (χ3n) is 3.28. The Morgan fingerprint density at radius 1 is 1.50 bits per heavy atom. The van der Waals surface area contributed by atoms with E-state index in [2.05, 4.69) is 55.2 Å². The Morgan fingerprint density at radius 2 is 2.38 bits per heavy atom. The molecule has 2 rings (SSSR count). The standard InChI is InChI=1S/C14H21NS/c1-11-4-3-5-14(8-11)12(2)15-9-13-6-7-16-10-13/h3-5,8,12-13,15H,6-7,9-10H2,1-2H3. The van der Waals surface area contributed by atoms with E-state index in [0.29, 0.717) is 6.04 Å². The van der Waals surface area contributed by atoms with Crippen molar-refractivity contribution in [3.05, 3.63) is 35.4 Å². The molecule has 0 aliphatic carbocycles. The molecule has 0 aromatic heterocycles. The van der Waals surface area contributed by atoms with Crippen molar-refractivity contribution in [2.24, 2.45) is 5.92 Å². The molecule has 1 fully saturated rings. The quantitative estimate of drug-likeness (QED) is 0.858. The van der Waals surface area contributed by atoms with Gasteiger partial charge in [0.2, 0.25) is 0 Å². The Balaban J connectivity index is 1.85. The van der Waals surface area contributed by atoms with Gasteiger partial charge < -0.3 is 5.32 Å². The second kappa shape index (κ2) is 5.74. The fourth-order valence-electron chi connectivity index (χ4n) is 2.15. The van der Waals surface area contributed by atoms with Gasteiger partial charge in [-0.2, -0.15) is 11.8 Å². The van der Waals surface area contributed by atoms with Crippen LogP contribution in [-0.2, 0) is 0 Å². The lowest BCUT2D eigenvalue weighted by Gasteiger charge is -2.17. The van der Waals surface area contributed by atoms with Gasteiger partial charge in [-0.15, -0.1) is 0 Å². The third-order valence-corrected chi connectivity index (χ3v) is 4.51. The van der Waals surface area contributed by atoms with E-state index in [9.17, 15) is 0 Å². The zero-order valence-electron chi connectivity index (χ0n) is 10.2. The van der Waals surface area contributed by atoms with Crippen molar-refractivity contribution in [2.75, 3.05) is 18.1 Å². The number of nitrogens with one attached hydrogen (secondary N) is 1. The van der Waals surface area contributed by atoms with E-state index in [1.807, 2.05) is 0 Å². The summed E-state index contributed by atoms with van der Waals surface area (Å²) >= 11 is 2.09. The summed E-state index contributed by atoms with van der Waals surface area (Å²) < 4.78 is 0. The topological polar surface area (TPSA) is 12.0 Å². The van der Waals surface area contributed by atoms with Crippen molar-refractivity contribution in [3.63, 3.8) is 0 Å². The minimum atomic E-state index is 0.477. The average Bonchev–Trinajstić information content (AvgIpc) is 2.78. The summed E-state index contributed by atoms with van der Waals surface area (Å²) in [6.45, 7) is 5.59. The lowest BCUT2D eigenvalue weighted by Crippen LogP contribution is -2.25. The van der Waals surface area contributed by atoms with Crippen molar-refractivity contribution in [1.82, 2.24) is 5.32 Å². The highest BCUT2D eigenvalue weighted by Gasteiger charge is 2.16. The highest BCUT2D eigenvalue weighted by molar-refractivity contribution is 7.99. The highest BCUT2D eigenvalue weighted by Crippen LogP contribution is 2.23. The number of rotatable bonds is 4. The fraction of sp³-hybridized carbons (Fsp3) is 0.571. The molecule has 1 aliphatic heterocycles. The summed E-state index contributed by atoms with van der Waals surface area (Å²) in [5.41, 5.74) is 2.76. The van der Waals surface area contributed by atoms with Crippen molar-refractivity contribution >= 4 is 11.8 Å². The van der Waals surface area contributed by atoms with Crippen LogP contribution in [0.5, 0.6) is 0 Å². The number of thioether (sulfide) groups is 1. The summed E-state index contributed by atoms with van der Waals surface area (Å²) in [5.74, 6) is 3.58. The van der Waals surface area contributed by atoms with Crippen LogP contribution >= 0.6 is 11.8 Å². The average molecular weight is 235 g/mol. The van der Waals surface area contributed by atoms with Gasteiger partial charge in [0, 0.05) is 6.04 Å². The Morgan fingerprint density at radius 3 is 3.06 bits per heavy atom. The van der Waals surface area contributed by atoms with Gasteiger partial charge in [-0.25, -0.2) is 0 Å². The number of benzene rings is 1. The van der Waals surface area contributed by atoms with Crippen LogP contribution in [0, 0.1) is 12.8 Å². The smallest absolute Gasteiger partial charge is 0.0292 e. The summed E-state index contributed by atoms with van der Waals surface area (Å²) in [6, 6.07) is 9.28. The Labute approximate surface area is 103 Å². The van der Waals surface area contributed by atoms with Crippen LogP contribution in [0.4, 0.5) is 0 Å². The Kier molecular flexibility index (Phi) is 4.30. The first-order valence-corrected chi connectivity index (χ1v) is 7.29. The third kappa shape index (κ3) is 3.26. The molecule has 1 nitrogen and oxygen atoms in total. The number of hydrogen-bond donors (Lipinski definition) is 1. The van der Waals surface area contributed by atoms with E-state index in [4.69, 9.17) is 0 Å². The van der Waals surface area contributed by atoms with Crippen molar-refractivity contribution in [3.8, 4) is 0 Å². The molecular formula is C14H21NS. The molecule has 0 amide bonds. The molecule has 0 saturated carbocycles. The van der Waals surface area contributed by atoms with Crippen molar-refractivity contribution in [1.29, 1.82) is 0 Å². The van der Waals surface area contributed by atoms with Gasteiger partial charge in [0.25, 0.3) is 0 Å². The first-order chi connectivity index (χ1) is 7.75. The number of hydrogen-bond acceptors (Lipinski definition) is 2. The molecule has 2 atom stereocenters. The number of aryl methyl sites for hydroxylation is 1. The van der Waals surface area contributed by atoms with Crippen molar-refractivity contribution < 1.29 is 0 Å².